The van der Waals surface area contributed by atoms with Gasteiger partial charge < -0.3 is 14.5 Å². The normalized spacial score (nSPS) is 22.9. The van der Waals surface area contributed by atoms with Crippen molar-refractivity contribution in [2.24, 2.45) is 17.3 Å². The number of carbonyl (C=O) groups excluding carboxylic acids is 2. The van der Waals surface area contributed by atoms with Crippen LogP contribution in [-0.4, -0.2) is 55.6 Å². The van der Waals surface area contributed by atoms with Crippen LogP contribution < -0.4 is 5.32 Å². The van der Waals surface area contributed by atoms with Crippen LogP contribution in [0.1, 0.15) is 93.6 Å². The summed E-state index contributed by atoms with van der Waals surface area (Å²) in [6.07, 6.45) is 3.68. The summed E-state index contributed by atoms with van der Waals surface area (Å²) in [5, 5.41) is 3.16. The third-order valence-electron chi connectivity index (χ3n) is 7.71. The average Bonchev–Trinajstić information content (AvgIpc) is 3.13. The molecule has 1 aliphatic rings. The Balaban J connectivity index is 2.62. The van der Waals surface area contributed by atoms with Gasteiger partial charge in [0, 0.05) is 31.5 Å². The van der Waals surface area contributed by atoms with E-state index < -0.39 is 14.6 Å². The predicted molar refractivity (Wildman–Crippen MR) is 163 cm³/mol. The Morgan fingerprint density at radius 1 is 1.10 bits per heavy atom. The van der Waals surface area contributed by atoms with Crippen molar-refractivity contribution >= 4 is 20.9 Å². The smallest absolute Gasteiger partial charge is 0.323 e. The van der Waals surface area contributed by atoms with Gasteiger partial charge in [0.1, 0.15) is 11.6 Å². The number of benzene rings is 1. The van der Waals surface area contributed by atoms with Gasteiger partial charge in [0.2, 0.25) is 5.91 Å². The Labute approximate surface area is 240 Å². The monoisotopic (exact) mass is 560 g/mol. The first-order valence-electron chi connectivity index (χ1n) is 15.0. The van der Waals surface area contributed by atoms with E-state index in [1.54, 1.807) is 6.92 Å². The van der Waals surface area contributed by atoms with Gasteiger partial charge in [0.15, 0.2) is 9.04 Å². The number of nitrogens with one attached hydrogen (secondary N) is 1. The minimum atomic E-state index is -1.36. The van der Waals surface area contributed by atoms with Crippen LogP contribution in [-0.2, 0) is 25.3 Å². The lowest BCUT2D eigenvalue weighted by Crippen LogP contribution is -2.49. The van der Waals surface area contributed by atoms with Crippen molar-refractivity contribution in [3.8, 4) is 0 Å². The molecule has 0 bridgehead atoms. The zero-order valence-corrected chi connectivity index (χ0v) is 27.7. The van der Waals surface area contributed by atoms with E-state index >= 15 is 0 Å². The average molecular weight is 561 g/mol. The number of amides is 1. The molecular weight excluding hydrogens is 504 g/mol. The fourth-order valence-electron chi connectivity index (χ4n) is 6.22. The Hall–Kier alpha value is -1.70. The van der Waals surface area contributed by atoms with E-state index in [0.29, 0.717) is 18.9 Å². The second-order valence-corrected chi connectivity index (χ2v) is 16.3. The van der Waals surface area contributed by atoms with Gasteiger partial charge in [-0.05, 0) is 76.9 Å². The number of hydrogen-bond donors (Lipinski definition) is 1. The molecule has 6 nitrogen and oxygen atoms in total. The number of carbonyl (C=O) groups is 2. The molecular formula is C32H56N2O4Si. The Bertz CT molecular complexity index is 909. The summed E-state index contributed by atoms with van der Waals surface area (Å²) in [4.78, 5) is 28.2. The number of nitrogens with zero attached hydrogens (tertiary/aromatic N) is 1. The molecule has 0 aliphatic carbocycles. The molecule has 1 fully saturated rings. The van der Waals surface area contributed by atoms with Crippen LogP contribution in [0.4, 0.5) is 0 Å². The Morgan fingerprint density at radius 2 is 1.72 bits per heavy atom. The maximum Gasteiger partial charge on any atom is 0.323 e. The largest absolute Gasteiger partial charge is 0.459 e. The standard InChI is InChI=1S/C32H56N2O4Si/c1-12-16-25(22(2)33-23(3)35)19-27-26(29(31(4,5)6)38-39(10)11)20-28(30(36)37-32(7,8)9)34(27)21-24-17-14-13-15-18-24/h13-15,17-18,22,25-29,39H,12,16,19-21H2,1-11H3,(H,33,35)/t22?,25?,26-,27-,28-,29?/m1/s1. The molecule has 1 aliphatic heterocycles. The highest BCUT2D eigenvalue weighted by atomic mass is 28.3. The molecule has 7 heteroatoms. The maximum absolute atomic E-state index is 13.8. The first-order valence-corrected chi connectivity index (χ1v) is 17.8. The third kappa shape index (κ3) is 10.3. The minimum absolute atomic E-state index is 0.000979. The van der Waals surface area contributed by atoms with Crippen molar-refractivity contribution < 1.29 is 18.8 Å². The molecule has 0 aromatic heterocycles. The highest BCUT2D eigenvalue weighted by Crippen LogP contribution is 2.44. The van der Waals surface area contributed by atoms with Crippen LogP contribution >= 0.6 is 0 Å². The lowest BCUT2D eigenvalue weighted by molar-refractivity contribution is -0.161. The van der Waals surface area contributed by atoms with E-state index in [1.807, 2.05) is 26.8 Å². The molecule has 1 saturated heterocycles. The summed E-state index contributed by atoms with van der Waals surface area (Å²) < 4.78 is 12.8. The van der Waals surface area contributed by atoms with Gasteiger partial charge in [-0.15, -0.1) is 0 Å². The van der Waals surface area contributed by atoms with E-state index in [4.69, 9.17) is 9.16 Å². The van der Waals surface area contributed by atoms with Crippen molar-refractivity contribution in [1.82, 2.24) is 10.2 Å². The molecule has 2 rings (SSSR count). The molecule has 0 radical (unpaired) electrons. The number of ether oxygens (including phenoxy) is 1. The van der Waals surface area contributed by atoms with E-state index in [2.05, 4.69) is 82.2 Å². The number of rotatable bonds is 12. The van der Waals surface area contributed by atoms with Gasteiger partial charge in [0.05, 0.1) is 6.10 Å². The van der Waals surface area contributed by atoms with Gasteiger partial charge in [0.25, 0.3) is 0 Å². The highest BCUT2D eigenvalue weighted by Gasteiger charge is 2.51. The van der Waals surface area contributed by atoms with E-state index in [-0.39, 0.29) is 47.4 Å². The van der Waals surface area contributed by atoms with Gasteiger partial charge in [-0.3, -0.25) is 14.5 Å². The Morgan fingerprint density at radius 3 is 2.21 bits per heavy atom. The summed E-state index contributed by atoms with van der Waals surface area (Å²) >= 11 is 0. The topological polar surface area (TPSA) is 67.9 Å². The van der Waals surface area contributed by atoms with Crippen LogP contribution in [0.25, 0.3) is 0 Å². The summed E-state index contributed by atoms with van der Waals surface area (Å²) in [5.41, 5.74) is 0.550. The van der Waals surface area contributed by atoms with E-state index in [0.717, 1.165) is 19.3 Å². The van der Waals surface area contributed by atoms with Crippen LogP contribution in [0, 0.1) is 17.3 Å². The molecule has 0 spiro atoms. The van der Waals surface area contributed by atoms with Crippen LogP contribution in [0.2, 0.25) is 13.1 Å². The van der Waals surface area contributed by atoms with Crippen molar-refractivity contribution in [3.05, 3.63) is 35.9 Å². The molecule has 1 aromatic rings. The van der Waals surface area contributed by atoms with Gasteiger partial charge in [-0.25, -0.2) is 0 Å². The zero-order chi connectivity index (χ0) is 29.5. The fraction of sp³-hybridized carbons (Fsp3) is 0.750. The summed E-state index contributed by atoms with van der Waals surface area (Å²) in [6.45, 7) is 23.7. The molecule has 1 amide bonds. The SMILES string of the molecule is CCCC(C[C@@H]1[C@H](C(O[SiH](C)C)C(C)(C)C)C[C@H](C(=O)OC(C)(C)C)N1Cc1ccccc1)C(C)NC(C)=O. The molecule has 1 aromatic carbocycles. The second kappa shape index (κ2) is 14.3. The molecule has 222 valence electrons. The van der Waals surface area contributed by atoms with Crippen molar-refractivity contribution in [2.45, 2.75) is 137 Å². The quantitative estimate of drug-likeness (QED) is 0.239. The van der Waals surface area contributed by atoms with Crippen molar-refractivity contribution in [3.63, 3.8) is 0 Å². The molecule has 6 atom stereocenters. The summed E-state index contributed by atoms with van der Waals surface area (Å²) in [7, 11) is -1.36. The summed E-state index contributed by atoms with van der Waals surface area (Å²) in [6, 6.07) is 10.2. The molecule has 0 saturated carbocycles. The van der Waals surface area contributed by atoms with Crippen LogP contribution in [0.3, 0.4) is 0 Å². The zero-order valence-electron chi connectivity index (χ0n) is 26.5. The number of likely N-dealkylation sites (tertiary alicyclic amines) is 1. The maximum atomic E-state index is 13.8. The van der Waals surface area contributed by atoms with Gasteiger partial charge in [-0.1, -0.05) is 64.4 Å². The van der Waals surface area contributed by atoms with Gasteiger partial charge >= 0.3 is 5.97 Å². The van der Waals surface area contributed by atoms with Gasteiger partial charge in [-0.2, -0.15) is 0 Å². The lowest BCUT2D eigenvalue weighted by Gasteiger charge is -2.42. The minimum Gasteiger partial charge on any atom is -0.459 e. The predicted octanol–water partition coefficient (Wildman–Crippen LogP) is 6.33. The third-order valence-corrected chi connectivity index (χ3v) is 8.54. The number of hydrogen-bond acceptors (Lipinski definition) is 5. The van der Waals surface area contributed by atoms with E-state index in [1.165, 1.54) is 5.56 Å². The Kier molecular flexibility index (Phi) is 12.3. The molecule has 39 heavy (non-hydrogen) atoms. The van der Waals surface area contributed by atoms with Crippen molar-refractivity contribution in [2.75, 3.05) is 0 Å². The van der Waals surface area contributed by atoms with Crippen LogP contribution in [0.5, 0.6) is 0 Å². The highest BCUT2D eigenvalue weighted by molar-refractivity contribution is 6.48. The van der Waals surface area contributed by atoms with Crippen LogP contribution in [0.15, 0.2) is 30.3 Å². The second-order valence-electron chi connectivity index (χ2n) is 13.9. The fourth-order valence-corrected chi connectivity index (χ4v) is 7.41. The van der Waals surface area contributed by atoms with E-state index in [9.17, 15) is 9.59 Å². The molecule has 1 N–H and O–H groups in total. The number of esters is 1. The lowest BCUT2D eigenvalue weighted by atomic mass is 9.75. The molecule has 3 unspecified atom stereocenters. The summed E-state index contributed by atoms with van der Waals surface area (Å²) in [5.74, 6) is 0.312. The van der Waals surface area contributed by atoms with Crippen molar-refractivity contribution in [1.29, 1.82) is 0 Å². The first kappa shape index (κ1) is 33.5. The molecule has 1 heterocycles. The first-order chi connectivity index (χ1) is 18.0.